The van der Waals surface area contributed by atoms with Gasteiger partial charge in [-0.1, -0.05) is 31.0 Å². The van der Waals surface area contributed by atoms with Gasteiger partial charge in [-0.25, -0.2) is 4.79 Å². The van der Waals surface area contributed by atoms with Crippen LogP contribution in [0.4, 0.5) is 5.00 Å². The highest BCUT2D eigenvalue weighted by Gasteiger charge is 2.25. The third-order valence-electron chi connectivity index (χ3n) is 4.73. The molecular formula is C18H23N5O2S2. The summed E-state index contributed by atoms with van der Waals surface area (Å²) in [4.78, 5) is 12.7. The van der Waals surface area contributed by atoms with E-state index in [9.17, 15) is 10.1 Å². The highest BCUT2D eigenvalue weighted by Crippen LogP contribution is 2.37. The van der Waals surface area contributed by atoms with E-state index in [4.69, 9.17) is 10.5 Å². The second kappa shape index (κ2) is 8.76. The molecule has 0 unspecified atom stereocenters. The maximum atomic E-state index is 12.3. The average molecular weight is 406 g/mol. The smallest absolute Gasteiger partial charge is 0.348 e. The molecule has 0 radical (unpaired) electrons. The molecule has 27 heavy (non-hydrogen) atoms. The van der Waals surface area contributed by atoms with E-state index < -0.39 is 5.97 Å². The predicted molar refractivity (Wildman–Crippen MR) is 106 cm³/mol. The van der Waals surface area contributed by atoms with Gasteiger partial charge in [0.05, 0.1) is 12.2 Å². The van der Waals surface area contributed by atoms with Gasteiger partial charge in [-0.15, -0.1) is 21.5 Å². The van der Waals surface area contributed by atoms with Crippen LogP contribution >= 0.6 is 23.1 Å². The van der Waals surface area contributed by atoms with Gasteiger partial charge in [-0.05, 0) is 26.7 Å². The quantitative estimate of drug-likeness (QED) is 0.570. The van der Waals surface area contributed by atoms with Crippen molar-refractivity contribution in [1.29, 1.82) is 5.26 Å². The van der Waals surface area contributed by atoms with Gasteiger partial charge in [0.1, 0.15) is 21.8 Å². The molecule has 2 aromatic rings. The summed E-state index contributed by atoms with van der Waals surface area (Å²) in [5, 5.41) is 19.2. The number of hydrogen-bond donors (Lipinski definition) is 1. The number of nitrogens with two attached hydrogens (primary N) is 1. The highest BCUT2D eigenvalue weighted by molar-refractivity contribution is 7.98. The van der Waals surface area contributed by atoms with Crippen LogP contribution in [0.15, 0.2) is 5.16 Å². The number of carbonyl (C=O) groups is 1. The number of thioether (sulfide) groups is 1. The lowest BCUT2D eigenvalue weighted by atomic mass is 9.95. The normalized spacial score (nSPS) is 14.9. The summed E-state index contributed by atoms with van der Waals surface area (Å²) in [7, 11) is 0. The molecule has 0 aliphatic heterocycles. The van der Waals surface area contributed by atoms with Gasteiger partial charge < -0.3 is 15.0 Å². The van der Waals surface area contributed by atoms with E-state index in [2.05, 4.69) is 20.8 Å². The van der Waals surface area contributed by atoms with E-state index in [0.717, 1.165) is 35.2 Å². The second-order valence-corrected chi connectivity index (χ2v) is 8.46. The minimum atomic E-state index is -0.434. The summed E-state index contributed by atoms with van der Waals surface area (Å²) in [6, 6.07) is 2.54. The number of aryl methyl sites for hydroxylation is 1. The molecule has 0 aromatic carbocycles. The summed E-state index contributed by atoms with van der Waals surface area (Å²) < 4.78 is 7.32. The molecular weight excluding hydrogens is 382 g/mol. The molecule has 3 rings (SSSR count). The SMILES string of the molecule is CCOC(=O)c1sc(N)c(C#N)c1CSc1nnc(C)n1C1CCCCC1. The van der Waals surface area contributed by atoms with Crippen LogP contribution in [0.5, 0.6) is 0 Å². The molecule has 0 bridgehead atoms. The topological polar surface area (TPSA) is 107 Å². The van der Waals surface area contributed by atoms with Gasteiger partial charge in [-0.3, -0.25) is 0 Å². The van der Waals surface area contributed by atoms with Crippen LogP contribution in [0.1, 0.15) is 71.7 Å². The third kappa shape index (κ3) is 4.12. The fraction of sp³-hybridized carbons (Fsp3) is 0.556. The van der Waals surface area contributed by atoms with E-state index in [0.29, 0.717) is 32.8 Å². The zero-order valence-electron chi connectivity index (χ0n) is 15.5. The van der Waals surface area contributed by atoms with Crippen molar-refractivity contribution in [2.45, 2.75) is 62.9 Å². The predicted octanol–water partition coefficient (Wildman–Crippen LogP) is 4.08. The zero-order chi connectivity index (χ0) is 19.4. The first-order chi connectivity index (χ1) is 13.1. The summed E-state index contributed by atoms with van der Waals surface area (Å²) in [6.07, 6.45) is 5.99. The number of thiophene rings is 1. The Hall–Kier alpha value is -2.05. The van der Waals surface area contributed by atoms with Crippen LogP contribution in [0.2, 0.25) is 0 Å². The van der Waals surface area contributed by atoms with Crippen molar-refractivity contribution in [2.75, 3.05) is 12.3 Å². The molecule has 144 valence electrons. The molecule has 9 heteroatoms. The van der Waals surface area contributed by atoms with Crippen LogP contribution in [0.3, 0.4) is 0 Å². The van der Waals surface area contributed by atoms with Gasteiger partial charge in [-0.2, -0.15) is 5.26 Å². The number of esters is 1. The molecule has 0 amide bonds. The Morgan fingerprint density at radius 1 is 1.41 bits per heavy atom. The number of nitriles is 1. The van der Waals surface area contributed by atoms with Crippen molar-refractivity contribution in [3.05, 3.63) is 21.8 Å². The largest absolute Gasteiger partial charge is 0.462 e. The van der Waals surface area contributed by atoms with Gasteiger partial charge in [0.15, 0.2) is 5.16 Å². The Balaban J connectivity index is 1.85. The number of ether oxygens (including phenoxy) is 1. The van der Waals surface area contributed by atoms with Crippen LogP contribution in [0, 0.1) is 18.3 Å². The molecule has 0 spiro atoms. The fourth-order valence-corrected chi connectivity index (χ4v) is 5.55. The number of hydrogen-bond acceptors (Lipinski definition) is 8. The molecule has 2 aromatic heterocycles. The molecule has 7 nitrogen and oxygen atoms in total. The molecule has 0 atom stereocenters. The van der Waals surface area contributed by atoms with Crippen molar-refractivity contribution in [1.82, 2.24) is 14.8 Å². The first-order valence-electron chi connectivity index (χ1n) is 9.09. The van der Waals surface area contributed by atoms with E-state index in [1.165, 1.54) is 31.0 Å². The highest BCUT2D eigenvalue weighted by atomic mass is 32.2. The summed E-state index contributed by atoms with van der Waals surface area (Å²) in [6.45, 7) is 4.00. The standard InChI is InChI=1S/C18H23N5O2S2/c1-3-25-17(24)15-14(13(9-19)16(20)27-15)10-26-18-22-21-11(2)23(18)12-7-5-4-6-8-12/h12H,3-8,10,20H2,1-2H3. The van der Waals surface area contributed by atoms with Crippen molar-refractivity contribution in [3.8, 4) is 6.07 Å². The minimum Gasteiger partial charge on any atom is -0.462 e. The van der Waals surface area contributed by atoms with Gasteiger partial charge in [0, 0.05) is 17.4 Å². The summed E-state index contributed by atoms with van der Waals surface area (Å²) >= 11 is 2.60. The van der Waals surface area contributed by atoms with Gasteiger partial charge >= 0.3 is 5.97 Å². The van der Waals surface area contributed by atoms with Crippen LogP contribution in [-0.2, 0) is 10.5 Å². The lowest BCUT2D eigenvalue weighted by Gasteiger charge is -2.25. The van der Waals surface area contributed by atoms with Crippen molar-refractivity contribution >= 4 is 34.1 Å². The van der Waals surface area contributed by atoms with Gasteiger partial charge in [0.2, 0.25) is 0 Å². The van der Waals surface area contributed by atoms with Crippen molar-refractivity contribution < 1.29 is 9.53 Å². The Labute approximate surface area is 166 Å². The Bertz CT molecular complexity index is 862. The molecule has 1 saturated carbocycles. The lowest BCUT2D eigenvalue weighted by molar-refractivity contribution is 0.0531. The lowest BCUT2D eigenvalue weighted by Crippen LogP contribution is -2.15. The Morgan fingerprint density at radius 3 is 2.81 bits per heavy atom. The van der Waals surface area contributed by atoms with Crippen LogP contribution in [0.25, 0.3) is 0 Å². The number of nitrogens with zero attached hydrogens (tertiary/aromatic N) is 4. The number of anilines is 1. The second-order valence-electron chi connectivity index (χ2n) is 6.46. The first-order valence-corrected chi connectivity index (χ1v) is 10.9. The molecule has 2 heterocycles. The van der Waals surface area contributed by atoms with Crippen molar-refractivity contribution in [3.63, 3.8) is 0 Å². The molecule has 2 N–H and O–H groups in total. The Morgan fingerprint density at radius 2 is 2.15 bits per heavy atom. The summed E-state index contributed by atoms with van der Waals surface area (Å²) in [5.41, 5.74) is 6.93. The number of carbonyl (C=O) groups excluding carboxylic acids is 1. The molecule has 0 saturated heterocycles. The molecule has 1 aliphatic rings. The van der Waals surface area contributed by atoms with Crippen LogP contribution < -0.4 is 5.73 Å². The maximum Gasteiger partial charge on any atom is 0.348 e. The molecule has 1 fully saturated rings. The fourth-order valence-electron chi connectivity index (χ4n) is 3.45. The minimum absolute atomic E-state index is 0.278. The van der Waals surface area contributed by atoms with E-state index in [1.807, 2.05) is 6.92 Å². The van der Waals surface area contributed by atoms with E-state index in [1.54, 1.807) is 6.92 Å². The maximum absolute atomic E-state index is 12.3. The van der Waals surface area contributed by atoms with E-state index in [-0.39, 0.29) is 6.61 Å². The number of nitrogen functional groups attached to an aromatic ring is 1. The first kappa shape index (κ1) is 19.7. The number of rotatable bonds is 6. The molecule has 1 aliphatic carbocycles. The van der Waals surface area contributed by atoms with Gasteiger partial charge in [0.25, 0.3) is 0 Å². The third-order valence-corrected chi connectivity index (χ3v) is 6.74. The zero-order valence-corrected chi connectivity index (χ0v) is 17.2. The Kier molecular flexibility index (Phi) is 6.39. The monoisotopic (exact) mass is 405 g/mol. The van der Waals surface area contributed by atoms with E-state index >= 15 is 0 Å². The summed E-state index contributed by atoms with van der Waals surface area (Å²) in [5.74, 6) is 0.895. The van der Waals surface area contributed by atoms with Crippen LogP contribution in [-0.4, -0.2) is 27.3 Å². The average Bonchev–Trinajstić information content (AvgIpc) is 3.20. The van der Waals surface area contributed by atoms with Crippen molar-refractivity contribution in [2.24, 2.45) is 0 Å². The number of aromatic nitrogens is 3.